The maximum atomic E-state index is 12.4. The van der Waals surface area contributed by atoms with Gasteiger partial charge >= 0.3 is 5.97 Å². The highest BCUT2D eigenvalue weighted by Crippen LogP contribution is 2.32. The lowest BCUT2D eigenvalue weighted by Crippen LogP contribution is -2.14. The number of rotatable bonds is 4. The normalized spacial score (nSPS) is 13.2. The van der Waals surface area contributed by atoms with Crippen LogP contribution in [-0.4, -0.2) is 31.6 Å². The molecule has 2 aromatic carbocycles. The largest absolute Gasteiger partial charge is 0.490 e. The third-order valence-corrected chi connectivity index (χ3v) is 5.69. The predicted octanol–water partition coefficient (Wildman–Crippen LogP) is 4.41. The fourth-order valence-corrected chi connectivity index (χ4v) is 4.09. The van der Waals surface area contributed by atoms with Gasteiger partial charge in [0.25, 0.3) is 0 Å². The first-order valence-corrected chi connectivity index (χ1v) is 9.53. The monoisotopic (exact) mass is 382 g/mol. The number of benzene rings is 2. The van der Waals surface area contributed by atoms with E-state index in [0.29, 0.717) is 35.2 Å². The molecule has 0 N–H and O–H groups in total. The van der Waals surface area contributed by atoms with E-state index in [-0.39, 0.29) is 12.4 Å². The minimum Gasteiger partial charge on any atom is -0.490 e. The summed E-state index contributed by atoms with van der Waals surface area (Å²) in [6, 6.07) is 12.8. The molecule has 27 heavy (non-hydrogen) atoms. The van der Waals surface area contributed by atoms with E-state index in [4.69, 9.17) is 14.2 Å². The molecular weight excluding hydrogens is 364 g/mol. The first kappa shape index (κ1) is 17.5. The molecule has 0 unspecified atom stereocenters. The summed E-state index contributed by atoms with van der Waals surface area (Å²) >= 11 is 1.38. The van der Waals surface area contributed by atoms with Gasteiger partial charge in [0.15, 0.2) is 23.9 Å². The van der Waals surface area contributed by atoms with Crippen molar-refractivity contribution < 1.29 is 23.8 Å². The average molecular weight is 382 g/mol. The Hall–Kier alpha value is -2.86. The van der Waals surface area contributed by atoms with Crippen LogP contribution in [0.2, 0.25) is 0 Å². The minimum atomic E-state index is -0.476. The minimum absolute atomic E-state index is 0.280. The van der Waals surface area contributed by atoms with Gasteiger partial charge < -0.3 is 14.2 Å². The molecule has 5 nitrogen and oxygen atoms in total. The quantitative estimate of drug-likeness (QED) is 0.494. The molecule has 0 saturated carbocycles. The molecule has 2 heterocycles. The fraction of sp³-hybridized carbons (Fsp3) is 0.238. The molecule has 1 aromatic heterocycles. The molecule has 0 radical (unpaired) electrons. The zero-order valence-corrected chi connectivity index (χ0v) is 15.6. The number of carbonyl (C=O) groups excluding carboxylic acids is 2. The van der Waals surface area contributed by atoms with Gasteiger partial charge in [-0.1, -0.05) is 18.2 Å². The molecule has 4 rings (SSSR count). The van der Waals surface area contributed by atoms with Crippen molar-refractivity contribution >= 4 is 33.2 Å². The van der Waals surface area contributed by atoms with Gasteiger partial charge in [-0.2, -0.15) is 0 Å². The van der Waals surface area contributed by atoms with Crippen molar-refractivity contribution in [3.8, 4) is 11.5 Å². The van der Waals surface area contributed by atoms with Gasteiger partial charge in [0.1, 0.15) is 4.88 Å². The van der Waals surface area contributed by atoms with Crippen LogP contribution in [0.4, 0.5) is 0 Å². The molecular formula is C21H18O5S. The summed E-state index contributed by atoms with van der Waals surface area (Å²) in [5, 5.41) is 1.03. The van der Waals surface area contributed by atoms with Crippen molar-refractivity contribution in [2.75, 3.05) is 19.8 Å². The SMILES string of the molecule is Cc1c(C(=O)OCC(=O)c2ccc3c(c2)OCCCO3)sc2ccccc12. The lowest BCUT2D eigenvalue weighted by Gasteiger charge is -2.09. The van der Waals surface area contributed by atoms with Crippen molar-refractivity contribution in [1.82, 2.24) is 0 Å². The molecule has 6 heteroatoms. The van der Waals surface area contributed by atoms with Crippen LogP contribution in [0.3, 0.4) is 0 Å². The summed E-state index contributed by atoms with van der Waals surface area (Å²) in [5.74, 6) is 0.418. The maximum Gasteiger partial charge on any atom is 0.349 e. The van der Waals surface area contributed by atoms with Gasteiger partial charge in [-0.3, -0.25) is 4.79 Å². The van der Waals surface area contributed by atoms with Crippen molar-refractivity contribution in [3.05, 3.63) is 58.5 Å². The molecule has 0 bridgehead atoms. The number of aryl methyl sites for hydroxylation is 1. The summed E-state index contributed by atoms with van der Waals surface area (Å²) in [6.07, 6.45) is 0.796. The number of hydrogen-bond donors (Lipinski definition) is 0. The molecule has 138 valence electrons. The molecule has 0 aliphatic carbocycles. The molecule has 0 atom stereocenters. The Morgan fingerprint density at radius 1 is 1.07 bits per heavy atom. The van der Waals surface area contributed by atoms with Gasteiger partial charge in [-0.05, 0) is 42.1 Å². The Bertz CT molecular complexity index is 1020. The van der Waals surface area contributed by atoms with Crippen molar-refractivity contribution in [3.63, 3.8) is 0 Å². The molecule has 3 aromatic rings. The summed E-state index contributed by atoms with van der Waals surface area (Å²) in [7, 11) is 0. The van der Waals surface area contributed by atoms with Gasteiger partial charge in [-0.15, -0.1) is 11.3 Å². The molecule has 0 saturated heterocycles. The van der Waals surface area contributed by atoms with Crippen LogP contribution < -0.4 is 9.47 Å². The number of Topliss-reactive ketones (excluding diaryl/α,β-unsaturated/α-hetero) is 1. The number of thiophene rings is 1. The summed E-state index contributed by atoms with van der Waals surface area (Å²) in [5.41, 5.74) is 1.31. The zero-order chi connectivity index (χ0) is 18.8. The van der Waals surface area contributed by atoms with E-state index in [1.54, 1.807) is 18.2 Å². The number of carbonyl (C=O) groups is 2. The lowest BCUT2D eigenvalue weighted by molar-refractivity contribution is 0.0479. The standard InChI is InChI=1S/C21H18O5S/c1-13-15-5-2-3-6-19(15)27-20(13)21(23)26-12-16(22)14-7-8-17-18(11-14)25-10-4-9-24-17/h2-3,5-8,11H,4,9-10,12H2,1H3. The van der Waals surface area contributed by atoms with Crippen LogP contribution in [0.5, 0.6) is 11.5 Å². The van der Waals surface area contributed by atoms with E-state index < -0.39 is 5.97 Å². The summed E-state index contributed by atoms with van der Waals surface area (Å²) in [4.78, 5) is 25.4. The molecule has 0 spiro atoms. The van der Waals surface area contributed by atoms with E-state index in [1.165, 1.54) is 11.3 Å². The van der Waals surface area contributed by atoms with Crippen LogP contribution in [0.15, 0.2) is 42.5 Å². The summed E-state index contributed by atoms with van der Waals surface area (Å²) in [6.45, 7) is 2.71. The molecule has 1 aliphatic rings. The van der Waals surface area contributed by atoms with E-state index in [9.17, 15) is 9.59 Å². The number of ketones is 1. The van der Waals surface area contributed by atoms with Gasteiger partial charge in [-0.25, -0.2) is 4.79 Å². The van der Waals surface area contributed by atoms with Crippen LogP contribution in [0.25, 0.3) is 10.1 Å². The Labute approximate surface area is 160 Å². The van der Waals surface area contributed by atoms with Crippen molar-refractivity contribution in [2.24, 2.45) is 0 Å². The smallest absolute Gasteiger partial charge is 0.349 e. The first-order valence-electron chi connectivity index (χ1n) is 8.71. The highest BCUT2D eigenvalue weighted by Gasteiger charge is 2.19. The van der Waals surface area contributed by atoms with Crippen molar-refractivity contribution in [1.29, 1.82) is 0 Å². The van der Waals surface area contributed by atoms with Gasteiger partial charge in [0.2, 0.25) is 0 Å². The first-order chi connectivity index (χ1) is 13.1. The number of esters is 1. The topological polar surface area (TPSA) is 61.8 Å². The number of ether oxygens (including phenoxy) is 3. The zero-order valence-electron chi connectivity index (χ0n) is 14.8. The predicted molar refractivity (Wildman–Crippen MR) is 103 cm³/mol. The molecule has 1 aliphatic heterocycles. The van der Waals surface area contributed by atoms with E-state index >= 15 is 0 Å². The van der Waals surface area contributed by atoms with Crippen LogP contribution >= 0.6 is 11.3 Å². The average Bonchev–Trinajstić information content (AvgIpc) is 2.87. The highest BCUT2D eigenvalue weighted by atomic mass is 32.1. The maximum absolute atomic E-state index is 12.4. The molecule has 0 fully saturated rings. The van der Waals surface area contributed by atoms with E-state index in [0.717, 1.165) is 22.1 Å². The Balaban J connectivity index is 1.46. The Morgan fingerprint density at radius 2 is 1.85 bits per heavy atom. The Kier molecular flexibility index (Phi) is 4.81. The summed E-state index contributed by atoms with van der Waals surface area (Å²) < 4.78 is 17.5. The number of hydrogen-bond acceptors (Lipinski definition) is 6. The lowest BCUT2D eigenvalue weighted by atomic mass is 10.1. The second-order valence-electron chi connectivity index (χ2n) is 6.26. The van der Waals surface area contributed by atoms with E-state index in [2.05, 4.69) is 0 Å². The second kappa shape index (κ2) is 7.40. The van der Waals surface area contributed by atoms with Crippen LogP contribution in [0.1, 0.15) is 32.0 Å². The van der Waals surface area contributed by atoms with Gasteiger partial charge in [0, 0.05) is 16.7 Å². The second-order valence-corrected chi connectivity index (χ2v) is 7.32. The third kappa shape index (κ3) is 3.53. The van der Waals surface area contributed by atoms with E-state index in [1.807, 2.05) is 31.2 Å². The fourth-order valence-electron chi connectivity index (χ4n) is 2.99. The van der Waals surface area contributed by atoms with Crippen LogP contribution in [0, 0.1) is 6.92 Å². The molecule has 0 amide bonds. The van der Waals surface area contributed by atoms with Crippen molar-refractivity contribution in [2.45, 2.75) is 13.3 Å². The van der Waals surface area contributed by atoms with Crippen LogP contribution in [-0.2, 0) is 4.74 Å². The Morgan fingerprint density at radius 3 is 2.67 bits per heavy atom. The highest BCUT2D eigenvalue weighted by molar-refractivity contribution is 7.21. The number of fused-ring (bicyclic) bond motifs is 2. The van der Waals surface area contributed by atoms with Gasteiger partial charge in [0.05, 0.1) is 13.2 Å². The third-order valence-electron chi connectivity index (χ3n) is 4.43.